The maximum atomic E-state index is 12.1. The molecule has 0 saturated carbocycles. The fourth-order valence-electron chi connectivity index (χ4n) is 2.35. The van der Waals surface area contributed by atoms with E-state index in [-0.39, 0.29) is 5.91 Å². The van der Waals surface area contributed by atoms with Crippen molar-refractivity contribution < 1.29 is 19.0 Å². The van der Waals surface area contributed by atoms with E-state index in [0.717, 1.165) is 11.3 Å². The lowest BCUT2D eigenvalue weighted by atomic mass is 10.2. The zero-order valence-electron chi connectivity index (χ0n) is 13.8. The van der Waals surface area contributed by atoms with E-state index in [1.165, 1.54) is 6.08 Å². The number of benzene rings is 2. The number of amides is 1. The summed E-state index contributed by atoms with van der Waals surface area (Å²) in [5, 5.41) is 3.14. The van der Waals surface area contributed by atoms with E-state index < -0.39 is 0 Å². The molecule has 1 aliphatic heterocycles. The van der Waals surface area contributed by atoms with Crippen molar-refractivity contribution in [2.75, 3.05) is 25.1 Å². The summed E-state index contributed by atoms with van der Waals surface area (Å²) in [6.45, 7) is 3.51. The van der Waals surface area contributed by atoms with E-state index in [1.54, 1.807) is 18.2 Å². The van der Waals surface area contributed by atoms with Crippen molar-refractivity contribution in [2.45, 2.75) is 6.92 Å². The molecule has 0 unspecified atom stereocenters. The molecule has 25 heavy (non-hydrogen) atoms. The van der Waals surface area contributed by atoms with Crippen LogP contribution >= 0.6 is 11.6 Å². The van der Waals surface area contributed by atoms with Gasteiger partial charge in [0, 0.05) is 18.2 Å². The van der Waals surface area contributed by atoms with E-state index in [0.29, 0.717) is 42.0 Å². The molecule has 1 amide bonds. The van der Waals surface area contributed by atoms with Gasteiger partial charge in [0.05, 0.1) is 17.3 Å². The first-order valence-electron chi connectivity index (χ1n) is 7.97. The number of hydrogen-bond acceptors (Lipinski definition) is 4. The van der Waals surface area contributed by atoms with Gasteiger partial charge in [-0.1, -0.05) is 23.7 Å². The maximum Gasteiger partial charge on any atom is 0.248 e. The minimum absolute atomic E-state index is 0.285. The average Bonchev–Trinajstić information content (AvgIpc) is 2.62. The first-order valence-corrected chi connectivity index (χ1v) is 8.34. The monoisotopic (exact) mass is 359 g/mol. The van der Waals surface area contributed by atoms with Crippen LogP contribution in [0.3, 0.4) is 0 Å². The first kappa shape index (κ1) is 17.2. The van der Waals surface area contributed by atoms with E-state index >= 15 is 0 Å². The molecule has 0 radical (unpaired) electrons. The van der Waals surface area contributed by atoms with E-state index in [1.807, 2.05) is 31.2 Å². The van der Waals surface area contributed by atoms with Gasteiger partial charge in [-0.2, -0.15) is 0 Å². The number of carbonyl (C=O) groups excluding carboxylic acids is 1. The fourth-order valence-corrected chi connectivity index (χ4v) is 2.55. The van der Waals surface area contributed by atoms with Crippen LogP contribution in [0.5, 0.6) is 17.2 Å². The van der Waals surface area contributed by atoms with Crippen LogP contribution in [0.15, 0.2) is 42.5 Å². The summed E-state index contributed by atoms with van der Waals surface area (Å²) in [7, 11) is 0. The number of carbonyl (C=O) groups is 1. The maximum absolute atomic E-state index is 12.1. The molecule has 0 saturated heterocycles. The normalized spacial score (nSPS) is 12.9. The molecule has 0 aromatic heterocycles. The summed E-state index contributed by atoms with van der Waals surface area (Å²) >= 11 is 6.18. The number of anilines is 1. The average molecular weight is 360 g/mol. The van der Waals surface area contributed by atoms with Crippen LogP contribution in [0, 0.1) is 0 Å². The van der Waals surface area contributed by atoms with Gasteiger partial charge in [-0.25, -0.2) is 0 Å². The summed E-state index contributed by atoms with van der Waals surface area (Å²) in [5.74, 6) is 1.67. The number of hydrogen-bond donors (Lipinski definition) is 1. The van der Waals surface area contributed by atoms with Gasteiger partial charge < -0.3 is 19.5 Å². The largest absolute Gasteiger partial charge is 0.494 e. The molecule has 3 rings (SSSR count). The second-order valence-corrected chi connectivity index (χ2v) is 5.71. The molecule has 0 aliphatic carbocycles. The molecule has 0 atom stereocenters. The molecule has 0 fully saturated rings. The number of ether oxygens (including phenoxy) is 3. The third-order valence-electron chi connectivity index (χ3n) is 3.51. The van der Waals surface area contributed by atoms with Crippen molar-refractivity contribution in [3.8, 4) is 17.2 Å². The quantitative estimate of drug-likeness (QED) is 0.814. The molecule has 1 heterocycles. The number of halogens is 1. The minimum atomic E-state index is -0.285. The second-order valence-electron chi connectivity index (χ2n) is 5.30. The van der Waals surface area contributed by atoms with Crippen LogP contribution in [0.4, 0.5) is 5.69 Å². The Morgan fingerprint density at radius 2 is 1.88 bits per heavy atom. The molecular weight excluding hydrogens is 342 g/mol. The Balaban J connectivity index is 1.66. The third-order valence-corrected chi connectivity index (χ3v) is 3.82. The van der Waals surface area contributed by atoms with Crippen molar-refractivity contribution in [3.63, 3.8) is 0 Å². The highest BCUT2D eigenvalue weighted by atomic mass is 35.5. The van der Waals surface area contributed by atoms with Crippen LogP contribution < -0.4 is 19.5 Å². The smallest absolute Gasteiger partial charge is 0.248 e. The van der Waals surface area contributed by atoms with Gasteiger partial charge in [0.25, 0.3) is 0 Å². The molecule has 5 nitrogen and oxygen atoms in total. The first-order chi connectivity index (χ1) is 12.2. The zero-order chi connectivity index (χ0) is 17.6. The number of nitrogens with one attached hydrogen (secondary N) is 1. The molecule has 130 valence electrons. The second kappa shape index (κ2) is 7.94. The highest BCUT2D eigenvalue weighted by Crippen LogP contribution is 2.37. The van der Waals surface area contributed by atoms with E-state index in [2.05, 4.69) is 5.32 Å². The topological polar surface area (TPSA) is 56.8 Å². The molecule has 0 bridgehead atoms. The van der Waals surface area contributed by atoms with Crippen LogP contribution in [0.2, 0.25) is 5.02 Å². The molecule has 6 heteroatoms. The predicted octanol–water partition coefficient (Wildman–Crippen LogP) is 4.16. The molecule has 2 aromatic rings. The highest BCUT2D eigenvalue weighted by molar-refractivity contribution is 6.34. The number of fused-ring (bicyclic) bond motifs is 1. The zero-order valence-corrected chi connectivity index (χ0v) is 14.5. The molecular formula is C19H18ClNO4. The van der Waals surface area contributed by atoms with Crippen LogP contribution in [-0.4, -0.2) is 25.7 Å². The summed E-state index contributed by atoms with van der Waals surface area (Å²) in [5.41, 5.74) is 1.37. The summed E-state index contributed by atoms with van der Waals surface area (Å²) in [4.78, 5) is 12.1. The van der Waals surface area contributed by atoms with Crippen molar-refractivity contribution >= 4 is 29.3 Å². The molecule has 0 spiro atoms. The lowest BCUT2D eigenvalue weighted by Gasteiger charge is -2.19. The Bertz CT molecular complexity index is 787. The van der Waals surface area contributed by atoms with Crippen molar-refractivity contribution in [2.24, 2.45) is 0 Å². The van der Waals surface area contributed by atoms with Gasteiger partial charge in [0.2, 0.25) is 5.91 Å². The van der Waals surface area contributed by atoms with E-state index in [4.69, 9.17) is 25.8 Å². The fraction of sp³-hybridized carbons (Fsp3) is 0.211. The molecule has 1 N–H and O–H groups in total. The van der Waals surface area contributed by atoms with Crippen LogP contribution in [0.1, 0.15) is 12.5 Å². The Morgan fingerprint density at radius 3 is 2.56 bits per heavy atom. The lowest BCUT2D eigenvalue weighted by molar-refractivity contribution is -0.111. The molecule has 2 aromatic carbocycles. The lowest BCUT2D eigenvalue weighted by Crippen LogP contribution is -2.16. The van der Waals surface area contributed by atoms with Gasteiger partial charge in [-0.05, 0) is 30.7 Å². The van der Waals surface area contributed by atoms with Gasteiger partial charge >= 0.3 is 0 Å². The Morgan fingerprint density at radius 1 is 1.20 bits per heavy atom. The minimum Gasteiger partial charge on any atom is -0.494 e. The predicted molar refractivity (Wildman–Crippen MR) is 97.7 cm³/mol. The van der Waals surface area contributed by atoms with Gasteiger partial charge in [-0.15, -0.1) is 0 Å². The Kier molecular flexibility index (Phi) is 5.46. The van der Waals surface area contributed by atoms with Gasteiger partial charge in [0.1, 0.15) is 19.0 Å². The van der Waals surface area contributed by atoms with E-state index in [9.17, 15) is 4.79 Å². The standard InChI is InChI=1S/C19H18ClNO4/c1-2-23-14-6-3-13(4-7-14)5-8-19(22)21-16-12-18-17(11-15(16)20)24-9-10-25-18/h3-8,11-12H,2,9-10H2,1H3,(H,21,22)/b8-5+. The van der Waals surface area contributed by atoms with Gasteiger partial charge in [0.15, 0.2) is 11.5 Å². The summed E-state index contributed by atoms with van der Waals surface area (Å²) in [6.07, 6.45) is 3.17. The Hall–Kier alpha value is -2.66. The number of rotatable bonds is 5. The van der Waals surface area contributed by atoms with Crippen LogP contribution in [-0.2, 0) is 4.79 Å². The Labute approximate surface area is 151 Å². The van der Waals surface area contributed by atoms with Crippen molar-refractivity contribution in [1.82, 2.24) is 0 Å². The van der Waals surface area contributed by atoms with Gasteiger partial charge in [-0.3, -0.25) is 4.79 Å². The third kappa shape index (κ3) is 4.45. The van der Waals surface area contributed by atoms with Crippen LogP contribution in [0.25, 0.3) is 6.08 Å². The van der Waals surface area contributed by atoms with Crippen molar-refractivity contribution in [3.05, 3.63) is 53.1 Å². The highest BCUT2D eigenvalue weighted by Gasteiger charge is 2.15. The molecule has 1 aliphatic rings. The summed E-state index contributed by atoms with van der Waals surface area (Å²) < 4.78 is 16.3. The van der Waals surface area contributed by atoms with Crippen molar-refractivity contribution in [1.29, 1.82) is 0 Å². The summed E-state index contributed by atoms with van der Waals surface area (Å²) in [6, 6.07) is 10.8. The SMILES string of the molecule is CCOc1ccc(/C=C/C(=O)Nc2cc3c(cc2Cl)OCCO3)cc1.